The second-order valence-electron chi connectivity index (χ2n) is 7.91. The Hall–Kier alpha value is -2.61. The van der Waals surface area contributed by atoms with Crippen LogP contribution in [0.3, 0.4) is 0 Å². The van der Waals surface area contributed by atoms with Gasteiger partial charge in [-0.2, -0.15) is 0 Å². The SMILES string of the molecule is CN(C)C(CNC(=O)c1ccccc1SCC(=O)N1CCc2ccccc21)c1cccs1. The van der Waals surface area contributed by atoms with Crippen molar-refractivity contribution in [3.05, 3.63) is 82.0 Å². The maximum Gasteiger partial charge on any atom is 0.252 e. The maximum absolute atomic E-state index is 13.0. The topological polar surface area (TPSA) is 52.7 Å². The van der Waals surface area contributed by atoms with Gasteiger partial charge in [-0.25, -0.2) is 0 Å². The minimum atomic E-state index is -0.115. The highest BCUT2D eigenvalue weighted by Crippen LogP contribution is 2.30. The normalized spacial score (nSPS) is 13.8. The summed E-state index contributed by atoms with van der Waals surface area (Å²) in [6, 6.07) is 19.8. The molecule has 1 aromatic heterocycles. The molecule has 0 aliphatic carbocycles. The number of rotatable bonds is 8. The van der Waals surface area contributed by atoms with E-state index in [0.717, 1.165) is 23.5 Å². The Bertz CT molecular complexity index is 1080. The van der Waals surface area contributed by atoms with Crippen LogP contribution in [-0.4, -0.2) is 49.7 Å². The fraction of sp³-hybridized carbons (Fsp3) is 0.280. The second-order valence-corrected chi connectivity index (χ2v) is 9.91. The first kappa shape index (κ1) is 22.6. The summed E-state index contributed by atoms with van der Waals surface area (Å²) in [7, 11) is 4.03. The van der Waals surface area contributed by atoms with Gasteiger partial charge in [-0.1, -0.05) is 36.4 Å². The van der Waals surface area contributed by atoms with Crippen LogP contribution in [0.1, 0.15) is 26.8 Å². The lowest BCUT2D eigenvalue weighted by molar-refractivity contribution is -0.116. The van der Waals surface area contributed by atoms with Gasteiger partial charge in [0.25, 0.3) is 5.91 Å². The van der Waals surface area contributed by atoms with Crippen molar-refractivity contribution < 1.29 is 9.59 Å². The zero-order valence-corrected chi connectivity index (χ0v) is 19.9. The van der Waals surface area contributed by atoms with Crippen molar-refractivity contribution in [2.45, 2.75) is 17.4 Å². The number of hydrogen-bond donors (Lipinski definition) is 1. The summed E-state index contributed by atoms with van der Waals surface area (Å²) in [5, 5.41) is 5.13. The molecule has 3 aromatic rings. The van der Waals surface area contributed by atoms with Gasteiger partial charge in [-0.15, -0.1) is 23.1 Å². The van der Waals surface area contributed by atoms with Crippen LogP contribution in [0.4, 0.5) is 5.69 Å². The van der Waals surface area contributed by atoms with Crippen LogP contribution >= 0.6 is 23.1 Å². The molecule has 7 heteroatoms. The van der Waals surface area contributed by atoms with Crippen molar-refractivity contribution in [3.8, 4) is 0 Å². The van der Waals surface area contributed by atoms with Gasteiger partial charge in [-0.05, 0) is 55.7 Å². The van der Waals surface area contributed by atoms with E-state index in [9.17, 15) is 9.59 Å². The van der Waals surface area contributed by atoms with E-state index in [1.54, 1.807) is 11.3 Å². The number of para-hydroxylation sites is 1. The van der Waals surface area contributed by atoms with E-state index in [4.69, 9.17) is 0 Å². The zero-order valence-electron chi connectivity index (χ0n) is 18.3. The standard InChI is InChI=1S/C25H27N3O2S2/c1-27(2)21(23-12-7-15-31-23)16-26-25(30)19-9-4-6-11-22(19)32-17-24(29)28-14-13-18-8-3-5-10-20(18)28/h3-12,15,21H,13-14,16-17H2,1-2H3,(H,26,30). The number of benzene rings is 2. The number of thiophene rings is 1. The third-order valence-electron chi connectivity index (χ3n) is 5.62. The number of carbonyl (C=O) groups excluding carboxylic acids is 2. The molecule has 4 rings (SSSR count). The molecule has 166 valence electrons. The number of likely N-dealkylation sites (N-methyl/N-ethyl adjacent to an activating group) is 1. The van der Waals surface area contributed by atoms with E-state index in [1.165, 1.54) is 22.2 Å². The first-order chi connectivity index (χ1) is 15.5. The van der Waals surface area contributed by atoms with Gasteiger partial charge >= 0.3 is 0 Å². The minimum Gasteiger partial charge on any atom is -0.350 e. The van der Waals surface area contributed by atoms with Crippen molar-refractivity contribution in [2.24, 2.45) is 0 Å². The van der Waals surface area contributed by atoms with Crippen molar-refractivity contribution in [1.82, 2.24) is 10.2 Å². The van der Waals surface area contributed by atoms with Crippen molar-refractivity contribution >= 4 is 40.6 Å². The fourth-order valence-electron chi connectivity index (χ4n) is 3.90. The molecule has 0 spiro atoms. The molecule has 1 aliphatic rings. The average molecular weight is 466 g/mol. The first-order valence-corrected chi connectivity index (χ1v) is 12.5. The molecule has 1 aliphatic heterocycles. The van der Waals surface area contributed by atoms with Crippen LogP contribution in [0.15, 0.2) is 70.9 Å². The minimum absolute atomic E-state index is 0.0699. The van der Waals surface area contributed by atoms with Crippen molar-refractivity contribution in [3.63, 3.8) is 0 Å². The number of nitrogens with one attached hydrogen (secondary N) is 1. The molecule has 5 nitrogen and oxygen atoms in total. The first-order valence-electron chi connectivity index (χ1n) is 10.6. The summed E-state index contributed by atoms with van der Waals surface area (Å²) in [4.78, 5) is 31.9. The molecular weight excluding hydrogens is 438 g/mol. The summed E-state index contributed by atoms with van der Waals surface area (Å²) < 4.78 is 0. The van der Waals surface area contributed by atoms with Crippen LogP contribution in [0.5, 0.6) is 0 Å². The lowest BCUT2D eigenvalue weighted by atomic mass is 10.2. The Labute approximate surface area is 197 Å². The summed E-state index contributed by atoms with van der Waals surface area (Å²) in [6.07, 6.45) is 0.892. The second kappa shape index (κ2) is 10.3. The molecule has 0 bridgehead atoms. The van der Waals surface area contributed by atoms with Crippen molar-refractivity contribution in [2.75, 3.05) is 37.8 Å². The van der Waals surface area contributed by atoms with Crippen LogP contribution in [0, 0.1) is 0 Å². The number of anilines is 1. The molecule has 0 saturated heterocycles. The largest absolute Gasteiger partial charge is 0.350 e. The number of thioether (sulfide) groups is 1. The smallest absolute Gasteiger partial charge is 0.252 e. The number of amides is 2. The Morgan fingerprint density at radius 1 is 1.09 bits per heavy atom. The third-order valence-corrected chi connectivity index (χ3v) is 7.65. The number of hydrogen-bond acceptors (Lipinski definition) is 5. The summed E-state index contributed by atoms with van der Waals surface area (Å²) >= 11 is 3.11. The molecule has 1 atom stereocenters. The van der Waals surface area contributed by atoms with Gasteiger partial charge in [0.1, 0.15) is 0 Å². The fourth-order valence-corrected chi connectivity index (χ4v) is 5.75. The Kier molecular flexibility index (Phi) is 7.29. The van der Waals surface area contributed by atoms with E-state index >= 15 is 0 Å². The predicted octanol–water partition coefficient (Wildman–Crippen LogP) is 4.46. The number of nitrogens with zero attached hydrogens (tertiary/aromatic N) is 2. The molecule has 2 heterocycles. The molecule has 2 aromatic carbocycles. The van der Waals surface area contributed by atoms with Crippen LogP contribution in [0.2, 0.25) is 0 Å². The molecule has 2 amide bonds. The molecule has 1 N–H and O–H groups in total. The molecule has 1 unspecified atom stereocenters. The summed E-state index contributed by atoms with van der Waals surface area (Å²) in [6.45, 7) is 1.24. The predicted molar refractivity (Wildman–Crippen MR) is 133 cm³/mol. The van der Waals surface area contributed by atoms with E-state index in [2.05, 4.69) is 27.7 Å². The average Bonchev–Trinajstić information content (AvgIpc) is 3.48. The summed E-state index contributed by atoms with van der Waals surface area (Å²) in [5.74, 6) is 0.254. The van der Waals surface area contributed by atoms with E-state index in [-0.39, 0.29) is 17.9 Å². The molecule has 0 fully saturated rings. The lowest BCUT2D eigenvalue weighted by Crippen LogP contribution is -2.34. The van der Waals surface area contributed by atoms with E-state index in [0.29, 0.717) is 17.9 Å². The monoisotopic (exact) mass is 465 g/mol. The highest BCUT2D eigenvalue weighted by atomic mass is 32.2. The van der Waals surface area contributed by atoms with Crippen molar-refractivity contribution in [1.29, 1.82) is 0 Å². The highest BCUT2D eigenvalue weighted by molar-refractivity contribution is 8.00. The van der Waals surface area contributed by atoms with Crippen LogP contribution < -0.4 is 10.2 Å². The van der Waals surface area contributed by atoms with E-state index in [1.807, 2.05) is 67.5 Å². The summed E-state index contributed by atoms with van der Waals surface area (Å²) in [5.41, 5.74) is 2.83. The van der Waals surface area contributed by atoms with Gasteiger partial charge in [0, 0.05) is 28.5 Å². The van der Waals surface area contributed by atoms with E-state index < -0.39 is 0 Å². The van der Waals surface area contributed by atoms with Gasteiger partial charge in [0.15, 0.2) is 0 Å². The lowest BCUT2D eigenvalue weighted by Gasteiger charge is -2.23. The zero-order chi connectivity index (χ0) is 22.5. The molecule has 32 heavy (non-hydrogen) atoms. The Balaban J connectivity index is 1.39. The number of carbonyl (C=O) groups is 2. The van der Waals surface area contributed by atoms with Gasteiger partial charge in [0.05, 0.1) is 17.4 Å². The Morgan fingerprint density at radius 3 is 2.66 bits per heavy atom. The third kappa shape index (κ3) is 5.06. The van der Waals surface area contributed by atoms with Gasteiger partial charge in [-0.3, -0.25) is 9.59 Å². The quantitative estimate of drug-likeness (QED) is 0.499. The highest BCUT2D eigenvalue weighted by Gasteiger charge is 2.24. The Morgan fingerprint density at radius 2 is 1.88 bits per heavy atom. The molecule has 0 saturated carbocycles. The van der Waals surface area contributed by atoms with Crippen LogP contribution in [-0.2, 0) is 11.2 Å². The van der Waals surface area contributed by atoms with Gasteiger partial charge < -0.3 is 15.1 Å². The molecular formula is C25H27N3O2S2. The number of fused-ring (bicyclic) bond motifs is 1. The van der Waals surface area contributed by atoms with Crippen LogP contribution in [0.25, 0.3) is 0 Å². The maximum atomic E-state index is 13.0. The molecule has 0 radical (unpaired) electrons. The van der Waals surface area contributed by atoms with Gasteiger partial charge in [0.2, 0.25) is 5.91 Å².